The maximum absolute atomic E-state index is 10.7. The number of nitrogens with one attached hydrogen (secondary N) is 1. The van der Waals surface area contributed by atoms with Crippen LogP contribution in [0.2, 0.25) is 0 Å². The van der Waals surface area contributed by atoms with Gasteiger partial charge in [0.15, 0.2) is 0 Å². The number of hydrogen-bond acceptors (Lipinski definition) is 3. The van der Waals surface area contributed by atoms with Crippen LogP contribution in [-0.4, -0.2) is 26.2 Å². The third-order valence-electron chi connectivity index (χ3n) is 1.07. The zero-order valence-corrected chi connectivity index (χ0v) is 6.64. The van der Waals surface area contributed by atoms with Crippen molar-refractivity contribution in [2.45, 2.75) is 19.8 Å². The average molecular weight is 145 g/mol. The van der Waals surface area contributed by atoms with Crippen molar-refractivity contribution in [2.75, 3.05) is 20.2 Å². The molecular formula is C7H15NO2. The number of ether oxygens (including phenoxy) is 1. The third kappa shape index (κ3) is 5.56. The first kappa shape index (κ1) is 9.43. The highest BCUT2D eigenvalue weighted by molar-refractivity contribution is 5.69. The largest absolute Gasteiger partial charge is 0.464 e. The van der Waals surface area contributed by atoms with E-state index in [4.69, 9.17) is 4.74 Å². The van der Waals surface area contributed by atoms with Gasteiger partial charge in [0.1, 0.15) is 6.61 Å². The topological polar surface area (TPSA) is 38.3 Å². The number of hydrogen-bond donors (Lipinski definition) is 1. The highest BCUT2D eigenvalue weighted by atomic mass is 16.5. The lowest BCUT2D eigenvalue weighted by Gasteiger charge is -2.01. The van der Waals surface area contributed by atoms with Crippen LogP contribution in [0.15, 0.2) is 0 Å². The van der Waals surface area contributed by atoms with Crippen LogP contribution in [0, 0.1) is 0 Å². The van der Waals surface area contributed by atoms with E-state index < -0.39 is 0 Å². The minimum absolute atomic E-state index is 0.0993. The van der Waals surface area contributed by atoms with Crippen molar-refractivity contribution < 1.29 is 9.53 Å². The van der Waals surface area contributed by atoms with Crippen molar-refractivity contribution in [1.82, 2.24) is 5.32 Å². The Labute approximate surface area is 61.8 Å². The highest BCUT2D eigenvalue weighted by Gasteiger charge is 1.97. The van der Waals surface area contributed by atoms with Crippen molar-refractivity contribution in [3.8, 4) is 0 Å². The summed E-state index contributed by atoms with van der Waals surface area (Å²) in [6.07, 6.45) is 1.39. The summed E-state index contributed by atoms with van der Waals surface area (Å²) in [6.45, 7) is 3.17. The van der Waals surface area contributed by atoms with Crippen molar-refractivity contribution in [3.63, 3.8) is 0 Å². The Kier molecular flexibility index (Phi) is 6.18. The SMILES string of the molecule is CCCC(=O)OCCNC. The lowest BCUT2D eigenvalue weighted by atomic mass is 10.3. The normalized spacial score (nSPS) is 9.40. The first-order chi connectivity index (χ1) is 4.81. The van der Waals surface area contributed by atoms with Gasteiger partial charge in [0.2, 0.25) is 0 Å². The van der Waals surface area contributed by atoms with Gasteiger partial charge in [-0.05, 0) is 13.5 Å². The van der Waals surface area contributed by atoms with Crippen molar-refractivity contribution in [1.29, 1.82) is 0 Å². The maximum atomic E-state index is 10.7. The molecule has 0 atom stereocenters. The molecule has 10 heavy (non-hydrogen) atoms. The van der Waals surface area contributed by atoms with E-state index in [1.165, 1.54) is 0 Å². The van der Waals surface area contributed by atoms with Crippen LogP contribution in [0.1, 0.15) is 19.8 Å². The molecule has 0 aliphatic heterocycles. The molecule has 0 fully saturated rings. The maximum Gasteiger partial charge on any atom is 0.305 e. The smallest absolute Gasteiger partial charge is 0.305 e. The van der Waals surface area contributed by atoms with Crippen molar-refractivity contribution in [3.05, 3.63) is 0 Å². The molecule has 0 aromatic carbocycles. The molecule has 0 heterocycles. The van der Waals surface area contributed by atoms with Gasteiger partial charge in [-0.2, -0.15) is 0 Å². The van der Waals surface area contributed by atoms with Gasteiger partial charge in [-0.3, -0.25) is 4.79 Å². The second kappa shape index (κ2) is 6.55. The predicted molar refractivity (Wildman–Crippen MR) is 39.8 cm³/mol. The molecule has 0 aliphatic rings. The van der Waals surface area contributed by atoms with Crippen LogP contribution < -0.4 is 5.32 Å². The molecule has 0 bridgehead atoms. The number of likely N-dealkylation sites (N-methyl/N-ethyl adjacent to an activating group) is 1. The van der Waals surface area contributed by atoms with Crippen LogP contribution in [0.5, 0.6) is 0 Å². The Balaban J connectivity index is 3.05. The Hall–Kier alpha value is -0.570. The molecule has 0 saturated heterocycles. The number of esters is 1. The fourth-order valence-corrected chi connectivity index (χ4v) is 0.543. The fourth-order valence-electron chi connectivity index (χ4n) is 0.543. The zero-order valence-electron chi connectivity index (χ0n) is 6.64. The minimum atomic E-state index is -0.0993. The van der Waals surface area contributed by atoms with E-state index in [1.807, 2.05) is 14.0 Å². The van der Waals surface area contributed by atoms with E-state index in [-0.39, 0.29) is 5.97 Å². The molecule has 0 amide bonds. The number of carbonyl (C=O) groups excluding carboxylic acids is 1. The summed E-state index contributed by atoms with van der Waals surface area (Å²) in [5.74, 6) is -0.0993. The summed E-state index contributed by atoms with van der Waals surface area (Å²) in [6, 6.07) is 0. The Morgan fingerprint density at radius 1 is 1.60 bits per heavy atom. The molecule has 0 spiro atoms. The average Bonchev–Trinajstić information content (AvgIpc) is 1.89. The molecule has 60 valence electrons. The molecule has 0 saturated carbocycles. The molecule has 0 radical (unpaired) electrons. The quantitative estimate of drug-likeness (QED) is 0.453. The first-order valence-corrected chi connectivity index (χ1v) is 3.61. The molecule has 0 rings (SSSR count). The van der Waals surface area contributed by atoms with Gasteiger partial charge in [0, 0.05) is 13.0 Å². The van der Waals surface area contributed by atoms with Gasteiger partial charge in [-0.1, -0.05) is 6.92 Å². The van der Waals surface area contributed by atoms with E-state index >= 15 is 0 Å². The zero-order chi connectivity index (χ0) is 7.82. The van der Waals surface area contributed by atoms with E-state index in [1.54, 1.807) is 0 Å². The molecule has 3 nitrogen and oxygen atoms in total. The number of carbonyl (C=O) groups is 1. The van der Waals surface area contributed by atoms with Crippen molar-refractivity contribution >= 4 is 5.97 Å². The fraction of sp³-hybridized carbons (Fsp3) is 0.857. The summed E-state index contributed by atoms with van der Waals surface area (Å²) >= 11 is 0. The molecule has 1 N–H and O–H groups in total. The van der Waals surface area contributed by atoms with Crippen LogP contribution in [-0.2, 0) is 9.53 Å². The minimum Gasteiger partial charge on any atom is -0.464 e. The Morgan fingerprint density at radius 2 is 2.30 bits per heavy atom. The molecule has 0 aromatic heterocycles. The first-order valence-electron chi connectivity index (χ1n) is 3.61. The monoisotopic (exact) mass is 145 g/mol. The second-order valence-corrected chi connectivity index (χ2v) is 2.07. The molecular weight excluding hydrogens is 130 g/mol. The highest BCUT2D eigenvalue weighted by Crippen LogP contribution is 1.89. The molecule has 0 aromatic rings. The third-order valence-corrected chi connectivity index (χ3v) is 1.07. The lowest BCUT2D eigenvalue weighted by molar-refractivity contribution is -0.143. The molecule has 3 heteroatoms. The van der Waals surface area contributed by atoms with Gasteiger partial charge in [0.25, 0.3) is 0 Å². The van der Waals surface area contributed by atoms with Crippen LogP contribution in [0.25, 0.3) is 0 Å². The van der Waals surface area contributed by atoms with E-state index in [0.717, 1.165) is 13.0 Å². The summed E-state index contributed by atoms with van der Waals surface area (Å²) in [5, 5.41) is 2.89. The summed E-state index contributed by atoms with van der Waals surface area (Å²) < 4.78 is 4.82. The summed E-state index contributed by atoms with van der Waals surface area (Å²) in [5.41, 5.74) is 0. The van der Waals surface area contributed by atoms with Crippen LogP contribution in [0.4, 0.5) is 0 Å². The standard InChI is InChI=1S/C7H15NO2/c1-3-4-7(9)10-6-5-8-2/h8H,3-6H2,1-2H3. The summed E-state index contributed by atoms with van der Waals surface area (Å²) in [4.78, 5) is 10.7. The van der Waals surface area contributed by atoms with Gasteiger partial charge < -0.3 is 10.1 Å². The van der Waals surface area contributed by atoms with Gasteiger partial charge in [-0.25, -0.2) is 0 Å². The molecule has 0 aliphatic carbocycles. The number of rotatable bonds is 5. The van der Waals surface area contributed by atoms with Crippen molar-refractivity contribution in [2.24, 2.45) is 0 Å². The second-order valence-electron chi connectivity index (χ2n) is 2.07. The molecule has 0 unspecified atom stereocenters. The summed E-state index contributed by atoms with van der Waals surface area (Å²) in [7, 11) is 1.83. The van der Waals surface area contributed by atoms with E-state index in [2.05, 4.69) is 5.32 Å². The van der Waals surface area contributed by atoms with Crippen LogP contribution in [0.3, 0.4) is 0 Å². The van der Waals surface area contributed by atoms with Crippen LogP contribution >= 0.6 is 0 Å². The van der Waals surface area contributed by atoms with Gasteiger partial charge in [-0.15, -0.1) is 0 Å². The van der Waals surface area contributed by atoms with Gasteiger partial charge >= 0.3 is 5.97 Å². The predicted octanol–water partition coefficient (Wildman–Crippen LogP) is 0.549. The Bertz CT molecular complexity index is 93.6. The van der Waals surface area contributed by atoms with E-state index in [9.17, 15) is 4.79 Å². The van der Waals surface area contributed by atoms with E-state index in [0.29, 0.717) is 13.0 Å². The Morgan fingerprint density at radius 3 is 2.80 bits per heavy atom. The lowest BCUT2D eigenvalue weighted by Crippen LogP contribution is -2.16. The van der Waals surface area contributed by atoms with Gasteiger partial charge in [0.05, 0.1) is 0 Å².